The average Bonchev–Trinajstić information content (AvgIpc) is 1.84. The third-order valence-electron chi connectivity index (χ3n) is 1.18. The van der Waals surface area contributed by atoms with Crippen molar-refractivity contribution in [1.82, 2.24) is 0 Å². The van der Waals surface area contributed by atoms with Crippen LogP contribution < -0.4 is 0 Å². The molecule has 12 heavy (non-hydrogen) atoms. The van der Waals surface area contributed by atoms with Gasteiger partial charge in [-0.1, -0.05) is 31.9 Å². The van der Waals surface area contributed by atoms with Crippen molar-refractivity contribution in [1.29, 1.82) is 0 Å². The number of carbonyl (C=O) groups excluding carboxylic acids is 1. The highest BCUT2D eigenvalue weighted by Gasteiger charge is 2.13. The van der Waals surface area contributed by atoms with E-state index in [1.54, 1.807) is 0 Å². The van der Waals surface area contributed by atoms with Crippen molar-refractivity contribution in [2.75, 3.05) is 34.3 Å². The Morgan fingerprint density at radius 2 is 1.92 bits per heavy atom. The number of hydrogen-bond acceptors (Lipinski definition) is 2. The predicted octanol–water partition coefficient (Wildman–Crippen LogP) is 1.35. The molecule has 0 aliphatic heterocycles. The lowest BCUT2D eigenvalue weighted by atomic mass is 10.5. The molecule has 0 aliphatic rings. The van der Waals surface area contributed by atoms with E-state index in [1.165, 1.54) is 0 Å². The van der Waals surface area contributed by atoms with Gasteiger partial charge in [0.25, 0.3) is 0 Å². The number of esters is 1. The minimum atomic E-state index is -0.391. The highest BCUT2D eigenvalue weighted by molar-refractivity contribution is 9.25. The van der Waals surface area contributed by atoms with Gasteiger partial charge in [-0.2, -0.15) is 0 Å². The van der Waals surface area contributed by atoms with E-state index in [2.05, 4.69) is 31.9 Å². The fourth-order valence-electron chi connectivity index (χ4n) is 0.483. The zero-order valence-electron chi connectivity index (χ0n) is 7.51. The number of likely N-dealkylation sites (N-methyl/N-ethyl adjacent to an activating group) is 1. The third kappa shape index (κ3) is 7.06. The molecule has 72 valence electrons. The lowest BCUT2D eigenvalue weighted by Crippen LogP contribution is -2.38. The highest BCUT2D eigenvalue weighted by Crippen LogP contribution is 2.09. The van der Waals surface area contributed by atoms with Gasteiger partial charge in [0.1, 0.15) is 13.2 Å². The van der Waals surface area contributed by atoms with E-state index < -0.39 is 3.74 Å². The van der Waals surface area contributed by atoms with Crippen molar-refractivity contribution >= 4 is 37.8 Å². The van der Waals surface area contributed by atoms with Gasteiger partial charge in [-0.3, -0.25) is 0 Å². The maximum atomic E-state index is 10.9. The van der Waals surface area contributed by atoms with Crippen LogP contribution in [0.2, 0.25) is 0 Å². The first-order valence-corrected chi connectivity index (χ1v) is 5.41. The molecule has 0 fully saturated rings. The quantitative estimate of drug-likeness (QED) is 0.445. The zero-order chi connectivity index (χ0) is 9.78. The summed E-state index contributed by atoms with van der Waals surface area (Å²) in [6.45, 7) is 1.27. The number of carbonyl (C=O) groups is 1. The van der Waals surface area contributed by atoms with E-state index in [4.69, 9.17) is 4.74 Å². The first-order valence-electron chi connectivity index (χ1n) is 3.58. The Bertz CT molecular complexity index is 154. The Morgan fingerprint density at radius 3 is 2.25 bits per heavy atom. The largest absolute Gasteiger partial charge is 0.458 e. The summed E-state index contributed by atoms with van der Waals surface area (Å²) in [4.78, 5) is 10.9. The molecule has 0 saturated heterocycles. The molecule has 0 radical (unpaired) electrons. The Kier molecular flexibility index (Phi) is 5.36. The van der Waals surface area contributed by atoms with Crippen LogP contribution >= 0.6 is 31.9 Å². The molecule has 0 unspecified atom stereocenters. The number of halogens is 2. The standard InChI is InChI=1S/C7H14Br2NO2/c1-10(2,3)4-5-12-7(11)6(8)9/h6H,4-5H2,1-3H3/q+1. The Balaban J connectivity index is 3.51. The molecule has 0 rings (SSSR count). The van der Waals surface area contributed by atoms with Crippen molar-refractivity contribution in [3.05, 3.63) is 0 Å². The number of quaternary nitrogens is 1. The molecule has 0 spiro atoms. The molecule has 0 aromatic heterocycles. The molecule has 0 heterocycles. The molecule has 0 bridgehead atoms. The van der Waals surface area contributed by atoms with Gasteiger partial charge in [0.15, 0.2) is 3.74 Å². The van der Waals surface area contributed by atoms with Gasteiger partial charge in [-0.05, 0) is 0 Å². The van der Waals surface area contributed by atoms with Gasteiger partial charge in [-0.25, -0.2) is 4.79 Å². The maximum Gasteiger partial charge on any atom is 0.330 e. The molecule has 0 aromatic carbocycles. The molecule has 0 saturated carbocycles. The van der Waals surface area contributed by atoms with E-state index in [0.29, 0.717) is 6.61 Å². The van der Waals surface area contributed by atoms with Gasteiger partial charge in [0.2, 0.25) is 0 Å². The highest BCUT2D eigenvalue weighted by atomic mass is 79.9. The number of ether oxygens (including phenoxy) is 1. The number of hydrogen-bond donors (Lipinski definition) is 0. The minimum Gasteiger partial charge on any atom is -0.458 e. The normalized spacial score (nSPS) is 11.8. The number of nitrogens with zero attached hydrogens (tertiary/aromatic N) is 1. The van der Waals surface area contributed by atoms with E-state index in [9.17, 15) is 4.79 Å². The summed E-state index contributed by atoms with van der Waals surface area (Å²) in [5.74, 6) is -0.275. The molecule has 0 atom stereocenters. The molecular formula is C7H14Br2NO2+. The summed E-state index contributed by atoms with van der Waals surface area (Å²) in [7, 11) is 6.15. The Hall–Kier alpha value is 0.390. The Morgan fingerprint density at radius 1 is 1.42 bits per heavy atom. The second-order valence-corrected chi connectivity index (χ2v) is 6.54. The van der Waals surface area contributed by atoms with Crippen LogP contribution in [0.15, 0.2) is 0 Å². The molecule has 0 aromatic rings. The fraction of sp³-hybridized carbons (Fsp3) is 0.857. The van der Waals surface area contributed by atoms with Crippen LogP contribution in [-0.2, 0) is 9.53 Å². The first-order chi connectivity index (χ1) is 5.33. The van der Waals surface area contributed by atoms with Crippen molar-refractivity contribution < 1.29 is 14.0 Å². The average molecular weight is 304 g/mol. The van der Waals surface area contributed by atoms with Crippen LogP contribution in [0.5, 0.6) is 0 Å². The summed E-state index contributed by atoms with van der Waals surface area (Å²) in [5.41, 5.74) is 0. The lowest BCUT2D eigenvalue weighted by Gasteiger charge is -2.23. The summed E-state index contributed by atoms with van der Waals surface area (Å²) in [5, 5.41) is 0. The summed E-state index contributed by atoms with van der Waals surface area (Å²) < 4.78 is 5.33. The smallest absolute Gasteiger partial charge is 0.330 e. The van der Waals surface area contributed by atoms with E-state index in [0.717, 1.165) is 11.0 Å². The molecular weight excluding hydrogens is 290 g/mol. The van der Waals surface area contributed by atoms with Crippen molar-refractivity contribution in [2.45, 2.75) is 3.74 Å². The number of alkyl halides is 2. The van der Waals surface area contributed by atoms with Crippen molar-refractivity contribution in [3.63, 3.8) is 0 Å². The van der Waals surface area contributed by atoms with Crippen molar-refractivity contribution in [2.24, 2.45) is 0 Å². The van der Waals surface area contributed by atoms with Crippen LogP contribution in [0, 0.1) is 0 Å². The topological polar surface area (TPSA) is 26.3 Å². The first kappa shape index (κ1) is 12.4. The second-order valence-electron chi connectivity index (χ2n) is 3.48. The monoisotopic (exact) mass is 302 g/mol. The summed E-state index contributed by atoms with van der Waals surface area (Å²) in [6, 6.07) is 0. The molecule has 0 amide bonds. The second kappa shape index (κ2) is 5.19. The Labute approximate surface area is 89.9 Å². The third-order valence-corrected chi connectivity index (χ3v) is 1.93. The van der Waals surface area contributed by atoms with E-state index in [1.807, 2.05) is 21.1 Å². The van der Waals surface area contributed by atoms with Gasteiger partial charge < -0.3 is 9.22 Å². The fourth-order valence-corrected chi connectivity index (χ4v) is 0.747. The van der Waals surface area contributed by atoms with Crippen LogP contribution in [0.4, 0.5) is 0 Å². The minimum absolute atomic E-state index is 0.275. The SMILES string of the molecule is C[N+](C)(C)CCOC(=O)C(Br)Br. The summed E-state index contributed by atoms with van der Waals surface area (Å²) >= 11 is 6.11. The van der Waals surface area contributed by atoms with Crippen LogP contribution in [0.25, 0.3) is 0 Å². The van der Waals surface area contributed by atoms with E-state index >= 15 is 0 Å². The van der Waals surface area contributed by atoms with Gasteiger partial charge >= 0.3 is 5.97 Å². The molecule has 5 heteroatoms. The zero-order valence-corrected chi connectivity index (χ0v) is 10.7. The van der Waals surface area contributed by atoms with Crippen LogP contribution in [0.1, 0.15) is 0 Å². The van der Waals surface area contributed by atoms with E-state index in [-0.39, 0.29) is 5.97 Å². The van der Waals surface area contributed by atoms with Gasteiger partial charge in [0, 0.05) is 0 Å². The lowest BCUT2D eigenvalue weighted by molar-refractivity contribution is -0.870. The van der Waals surface area contributed by atoms with Gasteiger partial charge in [-0.15, -0.1) is 0 Å². The van der Waals surface area contributed by atoms with Gasteiger partial charge in [0.05, 0.1) is 21.1 Å². The van der Waals surface area contributed by atoms with Crippen LogP contribution in [-0.4, -0.2) is 48.5 Å². The maximum absolute atomic E-state index is 10.9. The predicted molar refractivity (Wildman–Crippen MR) is 55.5 cm³/mol. The number of rotatable bonds is 4. The van der Waals surface area contributed by atoms with Crippen molar-refractivity contribution in [3.8, 4) is 0 Å². The summed E-state index contributed by atoms with van der Waals surface area (Å²) in [6.07, 6.45) is 0. The molecule has 0 N–H and O–H groups in total. The molecule has 3 nitrogen and oxygen atoms in total. The van der Waals surface area contributed by atoms with Crippen LogP contribution in [0.3, 0.4) is 0 Å². The molecule has 0 aliphatic carbocycles.